The molecule has 0 atom stereocenters. The molecule has 0 radical (unpaired) electrons. The van der Waals surface area contributed by atoms with Crippen LogP contribution in [0.1, 0.15) is 45.4 Å². The Hall–Kier alpha value is -0.730. The van der Waals surface area contributed by atoms with Crippen LogP contribution in [0.2, 0.25) is 0 Å². The second kappa shape index (κ2) is 6.95. The van der Waals surface area contributed by atoms with Gasteiger partial charge in [0.15, 0.2) is 0 Å². The molecule has 0 amide bonds. The van der Waals surface area contributed by atoms with Crippen LogP contribution in [0.15, 0.2) is 0 Å². The molecule has 3 heteroatoms. The van der Waals surface area contributed by atoms with E-state index in [1.165, 1.54) is 38.5 Å². The minimum atomic E-state index is -1.83. The fourth-order valence-corrected chi connectivity index (χ4v) is 1.60. The normalized spacial score (nSPS) is 17.8. The van der Waals surface area contributed by atoms with Gasteiger partial charge in [-0.2, -0.15) is 0 Å². The molecule has 72 valence electrons. The van der Waals surface area contributed by atoms with Gasteiger partial charge in [0.05, 0.1) is 0 Å². The van der Waals surface area contributed by atoms with Gasteiger partial charge in [0.2, 0.25) is 0 Å². The van der Waals surface area contributed by atoms with Crippen molar-refractivity contribution < 1.29 is 15.0 Å². The van der Waals surface area contributed by atoms with Gasteiger partial charge in [0.25, 0.3) is 0 Å². The molecule has 1 saturated carbocycles. The first-order valence-corrected chi connectivity index (χ1v) is 4.58. The minimum absolute atomic E-state index is 1.09. The number of carboxylic acid groups (broad SMARTS) is 2. The molecular formula is C9H18O3. The van der Waals surface area contributed by atoms with Crippen LogP contribution in [0.3, 0.4) is 0 Å². The van der Waals surface area contributed by atoms with Crippen molar-refractivity contribution in [3.8, 4) is 0 Å². The highest BCUT2D eigenvalue weighted by atomic mass is 16.6. The lowest BCUT2D eigenvalue weighted by atomic mass is 9.88. The average molecular weight is 174 g/mol. The molecule has 0 saturated heterocycles. The monoisotopic (exact) mass is 174 g/mol. The first-order valence-electron chi connectivity index (χ1n) is 4.58. The SMILES string of the molecule is CCC1CCCCC1.O=C(O)O. The molecule has 12 heavy (non-hydrogen) atoms. The van der Waals surface area contributed by atoms with Crippen LogP contribution < -0.4 is 0 Å². The highest BCUT2D eigenvalue weighted by molar-refractivity contribution is 5.53. The molecule has 3 nitrogen and oxygen atoms in total. The molecule has 0 aromatic heterocycles. The predicted octanol–water partition coefficient (Wildman–Crippen LogP) is 3.20. The number of carbonyl (C=O) groups is 1. The zero-order chi connectivity index (χ0) is 9.40. The van der Waals surface area contributed by atoms with Crippen molar-refractivity contribution in [1.29, 1.82) is 0 Å². The van der Waals surface area contributed by atoms with Crippen molar-refractivity contribution in [1.82, 2.24) is 0 Å². The molecule has 0 aromatic carbocycles. The van der Waals surface area contributed by atoms with Gasteiger partial charge in [-0.25, -0.2) is 4.79 Å². The van der Waals surface area contributed by atoms with E-state index in [1.807, 2.05) is 0 Å². The van der Waals surface area contributed by atoms with E-state index >= 15 is 0 Å². The van der Waals surface area contributed by atoms with Crippen molar-refractivity contribution in [3.63, 3.8) is 0 Å². The van der Waals surface area contributed by atoms with Crippen molar-refractivity contribution >= 4 is 6.16 Å². The summed E-state index contributed by atoms with van der Waals surface area (Å²) in [5.41, 5.74) is 0. The minimum Gasteiger partial charge on any atom is -0.450 e. The highest BCUT2D eigenvalue weighted by Crippen LogP contribution is 2.25. The highest BCUT2D eigenvalue weighted by Gasteiger charge is 2.09. The summed E-state index contributed by atoms with van der Waals surface area (Å²) in [5.74, 6) is 1.09. The third-order valence-corrected chi connectivity index (χ3v) is 2.30. The number of hydrogen-bond acceptors (Lipinski definition) is 1. The van der Waals surface area contributed by atoms with E-state index in [0.717, 1.165) is 5.92 Å². The van der Waals surface area contributed by atoms with Crippen LogP contribution >= 0.6 is 0 Å². The number of hydrogen-bond donors (Lipinski definition) is 2. The second-order valence-corrected chi connectivity index (χ2v) is 3.19. The van der Waals surface area contributed by atoms with Crippen LogP contribution in [0.4, 0.5) is 4.79 Å². The summed E-state index contributed by atoms with van der Waals surface area (Å²) in [7, 11) is 0. The summed E-state index contributed by atoms with van der Waals surface area (Å²) in [6, 6.07) is 0. The van der Waals surface area contributed by atoms with Crippen molar-refractivity contribution in [2.75, 3.05) is 0 Å². The third kappa shape index (κ3) is 7.38. The molecule has 0 aromatic rings. The van der Waals surface area contributed by atoms with Crippen LogP contribution in [0, 0.1) is 5.92 Å². The maximum Gasteiger partial charge on any atom is 0.503 e. The summed E-state index contributed by atoms with van der Waals surface area (Å²) in [6.07, 6.45) is 7.10. The largest absolute Gasteiger partial charge is 0.503 e. The molecule has 0 unspecified atom stereocenters. The van der Waals surface area contributed by atoms with Gasteiger partial charge in [0, 0.05) is 0 Å². The summed E-state index contributed by atoms with van der Waals surface area (Å²) < 4.78 is 0. The predicted molar refractivity (Wildman–Crippen MR) is 47.5 cm³/mol. The lowest BCUT2D eigenvalue weighted by Gasteiger charge is -2.18. The molecule has 0 spiro atoms. The standard InChI is InChI=1S/C8H16.CH2O3/c1-2-8-6-4-3-5-7-8;2-1(3)4/h8H,2-7H2,1H3;(H2,2,3,4). The Morgan fingerprint density at radius 3 is 1.92 bits per heavy atom. The van der Waals surface area contributed by atoms with Crippen LogP contribution in [-0.4, -0.2) is 16.4 Å². The first kappa shape index (κ1) is 11.3. The number of rotatable bonds is 1. The van der Waals surface area contributed by atoms with E-state index in [4.69, 9.17) is 15.0 Å². The molecule has 1 rings (SSSR count). The van der Waals surface area contributed by atoms with E-state index in [0.29, 0.717) is 0 Å². The molecule has 1 aliphatic carbocycles. The molecule has 0 bridgehead atoms. The van der Waals surface area contributed by atoms with Crippen molar-refractivity contribution in [2.24, 2.45) is 5.92 Å². The topological polar surface area (TPSA) is 57.5 Å². The van der Waals surface area contributed by atoms with Gasteiger partial charge in [-0.15, -0.1) is 0 Å². The Morgan fingerprint density at radius 2 is 1.67 bits per heavy atom. The van der Waals surface area contributed by atoms with Crippen LogP contribution in [0.25, 0.3) is 0 Å². The van der Waals surface area contributed by atoms with Crippen LogP contribution in [0.5, 0.6) is 0 Å². The Bertz CT molecular complexity index is 113. The Morgan fingerprint density at radius 1 is 1.25 bits per heavy atom. The first-order chi connectivity index (χ1) is 5.66. The van der Waals surface area contributed by atoms with E-state index in [2.05, 4.69) is 6.92 Å². The van der Waals surface area contributed by atoms with E-state index in [9.17, 15) is 0 Å². The third-order valence-electron chi connectivity index (χ3n) is 2.30. The molecule has 1 aliphatic rings. The average Bonchev–Trinajstić information content (AvgIpc) is 2.05. The van der Waals surface area contributed by atoms with Crippen molar-refractivity contribution in [2.45, 2.75) is 45.4 Å². The molecule has 1 fully saturated rings. The van der Waals surface area contributed by atoms with Crippen LogP contribution in [-0.2, 0) is 0 Å². The molecule has 0 aliphatic heterocycles. The molecule has 0 heterocycles. The summed E-state index contributed by atoms with van der Waals surface area (Å²) in [4.78, 5) is 8.56. The van der Waals surface area contributed by atoms with E-state index in [-0.39, 0.29) is 0 Å². The quantitative estimate of drug-likeness (QED) is 0.641. The lowest BCUT2D eigenvalue weighted by Crippen LogP contribution is -2.03. The maximum absolute atomic E-state index is 8.56. The Labute approximate surface area is 73.4 Å². The smallest absolute Gasteiger partial charge is 0.450 e. The maximum atomic E-state index is 8.56. The fraction of sp³-hybridized carbons (Fsp3) is 0.889. The van der Waals surface area contributed by atoms with Gasteiger partial charge in [0.1, 0.15) is 0 Å². The lowest BCUT2D eigenvalue weighted by molar-refractivity contribution is 0.137. The molecular weight excluding hydrogens is 156 g/mol. The summed E-state index contributed by atoms with van der Waals surface area (Å²) in [5, 5.41) is 13.9. The summed E-state index contributed by atoms with van der Waals surface area (Å²) >= 11 is 0. The van der Waals surface area contributed by atoms with Crippen molar-refractivity contribution in [3.05, 3.63) is 0 Å². The van der Waals surface area contributed by atoms with Gasteiger partial charge in [-0.05, 0) is 5.92 Å². The van der Waals surface area contributed by atoms with Gasteiger partial charge < -0.3 is 10.2 Å². The second-order valence-electron chi connectivity index (χ2n) is 3.19. The van der Waals surface area contributed by atoms with E-state index in [1.54, 1.807) is 0 Å². The zero-order valence-electron chi connectivity index (χ0n) is 7.62. The van der Waals surface area contributed by atoms with Gasteiger partial charge >= 0.3 is 6.16 Å². The zero-order valence-corrected chi connectivity index (χ0v) is 7.62. The fourth-order valence-electron chi connectivity index (χ4n) is 1.60. The Balaban J connectivity index is 0.000000261. The van der Waals surface area contributed by atoms with E-state index < -0.39 is 6.16 Å². The van der Waals surface area contributed by atoms with Gasteiger partial charge in [-0.1, -0.05) is 45.4 Å². The Kier molecular flexibility index (Phi) is 6.53. The molecule has 2 N–H and O–H groups in total. The summed E-state index contributed by atoms with van der Waals surface area (Å²) in [6.45, 7) is 2.32. The van der Waals surface area contributed by atoms with Gasteiger partial charge in [-0.3, -0.25) is 0 Å².